The van der Waals surface area contributed by atoms with E-state index in [2.05, 4.69) is 15.9 Å². The topological polar surface area (TPSA) is 103 Å². The lowest BCUT2D eigenvalue weighted by atomic mass is 10.3. The Balaban J connectivity index is 3.64. The Labute approximate surface area is 98.4 Å². The van der Waals surface area contributed by atoms with E-state index in [4.69, 9.17) is 16.7 Å². The highest BCUT2D eigenvalue weighted by atomic mass is 79.9. The molecule has 0 saturated carbocycles. The van der Waals surface area contributed by atoms with E-state index in [1.165, 1.54) is 0 Å². The second-order valence-corrected chi connectivity index (χ2v) is 5.33. The maximum Gasteiger partial charge on any atom is 0.290 e. The molecule has 1 rings (SSSR count). The van der Waals surface area contributed by atoms with Crippen molar-refractivity contribution in [1.29, 1.82) is 0 Å². The van der Waals surface area contributed by atoms with Gasteiger partial charge in [-0.1, -0.05) is 11.6 Å². The van der Waals surface area contributed by atoms with E-state index in [9.17, 15) is 18.5 Å². The molecule has 9 heteroatoms. The lowest BCUT2D eigenvalue weighted by molar-refractivity contribution is -0.387. The highest BCUT2D eigenvalue weighted by Crippen LogP contribution is 2.32. The van der Waals surface area contributed by atoms with Crippen LogP contribution in [0.3, 0.4) is 0 Å². The van der Waals surface area contributed by atoms with E-state index >= 15 is 0 Å². The summed E-state index contributed by atoms with van der Waals surface area (Å²) in [6.07, 6.45) is 0. The molecule has 6 nitrogen and oxygen atoms in total. The Bertz CT molecular complexity index is 530. The van der Waals surface area contributed by atoms with E-state index < -0.39 is 25.5 Å². The third-order valence-corrected chi connectivity index (χ3v) is 3.64. The molecule has 0 radical (unpaired) electrons. The highest BCUT2D eigenvalue weighted by molar-refractivity contribution is 9.10. The molecule has 0 unspecified atom stereocenters. The van der Waals surface area contributed by atoms with Crippen molar-refractivity contribution in [2.24, 2.45) is 5.14 Å². The second-order valence-electron chi connectivity index (χ2n) is 2.54. The van der Waals surface area contributed by atoms with Gasteiger partial charge in [-0.15, -0.1) is 0 Å². The summed E-state index contributed by atoms with van der Waals surface area (Å²) >= 11 is 8.55. The lowest BCUT2D eigenvalue weighted by Crippen LogP contribution is -2.14. The van der Waals surface area contributed by atoms with Gasteiger partial charge in [0.15, 0.2) is 4.90 Å². The molecular formula is C6H4BrClN2O4S. The number of benzene rings is 1. The Kier molecular flexibility index (Phi) is 3.34. The van der Waals surface area contributed by atoms with Crippen LogP contribution >= 0.6 is 27.5 Å². The van der Waals surface area contributed by atoms with Crippen molar-refractivity contribution in [2.75, 3.05) is 0 Å². The Hall–Kier alpha value is -0.700. The molecule has 0 spiro atoms. The third kappa shape index (κ3) is 2.65. The van der Waals surface area contributed by atoms with Gasteiger partial charge in [0.1, 0.15) is 0 Å². The molecule has 0 aliphatic carbocycles. The van der Waals surface area contributed by atoms with Gasteiger partial charge in [0.05, 0.1) is 9.95 Å². The molecule has 0 bridgehead atoms. The standard InChI is InChI=1S/C6H4BrClN2O4S/c7-3-1-5(10(11)12)6(2-4(3)8)15(9,13)14/h1-2H,(H2,9,13,14). The number of hydrogen-bond acceptors (Lipinski definition) is 4. The van der Waals surface area contributed by atoms with Gasteiger partial charge in [-0.25, -0.2) is 13.6 Å². The summed E-state index contributed by atoms with van der Waals surface area (Å²) < 4.78 is 22.3. The van der Waals surface area contributed by atoms with Gasteiger partial charge in [0.2, 0.25) is 10.0 Å². The normalized spacial score (nSPS) is 11.4. The first kappa shape index (κ1) is 12.4. The molecule has 0 aliphatic heterocycles. The second kappa shape index (κ2) is 4.05. The summed E-state index contributed by atoms with van der Waals surface area (Å²) in [4.78, 5) is 9.10. The van der Waals surface area contributed by atoms with Crippen LogP contribution in [0, 0.1) is 10.1 Å². The molecule has 0 aromatic heterocycles. The maximum atomic E-state index is 11.0. The van der Waals surface area contributed by atoms with Crippen molar-refractivity contribution in [3.05, 3.63) is 31.7 Å². The first-order valence-corrected chi connectivity index (χ1v) is 6.11. The molecular weight excluding hydrogens is 312 g/mol. The van der Waals surface area contributed by atoms with Gasteiger partial charge in [0.25, 0.3) is 5.69 Å². The molecule has 2 N–H and O–H groups in total. The van der Waals surface area contributed by atoms with E-state index in [0.717, 1.165) is 12.1 Å². The molecule has 1 aromatic carbocycles. The van der Waals surface area contributed by atoms with Crippen LogP contribution in [0.25, 0.3) is 0 Å². The van der Waals surface area contributed by atoms with Crippen LogP contribution in [0.15, 0.2) is 21.5 Å². The van der Waals surface area contributed by atoms with E-state index in [-0.39, 0.29) is 9.50 Å². The summed E-state index contributed by atoms with van der Waals surface area (Å²) in [6.45, 7) is 0. The smallest absolute Gasteiger partial charge is 0.258 e. The zero-order valence-corrected chi connectivity index (χ0v) is 10.1. The van der Waals surface area contributed by atoms with Crippen molar-refractivity contribution in [3.63, 3.8) is 0 Å². The van der Waals surface area contributed by atoms with E-state index in [1.807, 2.05) is 0 Å². The summed E-state index contributed by atoms with van der Waals surface area (Å²) in [5, 5.41) is 15.4. The van der Waals surface area contributed by atoms with Crippen LogP contribution < -0.4 is 5.14 Å². The predicted molar refractivity (Wildman–Crippen MR) is 57.2 cm³/mol. The zero-order chi connectivity index (χ0) is 11.8. The number of nitrogens with zero attached hydrogens (tertiary/aromatic N) is 1. The van der Waals surface area contributed by atoms with Gasteiger partial charge in [-0.2, -0.15) is 0 Å². The van der Waals surface area contributed by atoms with Gasteiger partial charge in [-0.05, 0) is 22.0 Å². The largest absolute Gasteiger partial charge is 0.290 e. The zero-order valence-electron chi connectivity index (χ0n) is 6.98. The summed E-state index contributed by atoms with van der Waals surface area (Å²) in [5.41, 5.74) is -0.617. The van der Waals surface area contributed by atoms with Gasteiger partial charge in [0, 0.05) is 10.5 Å². The average Bonchev–Trinajstić information content (AvgIpc) is 2.06. The Morgan fingerprint density at radius 3 is 2.40 bits per heavy atom. The number of hydrogen-bond donors (Lipinski definition) is 1. The molecule has 0 fully saturated rings. The number of primary sulfonamides is 1. The molecule has 0 aliphatic rings. The van der Waals surface area contributed by atoms with Gasteiger partial charge >= 0.3 is 0 Å². The fourth-order valence-electron chi connectivity index (χ4n) is 0.889. The molecule has 15 heavy (non-hydrogen) atoms. The molecule has 82 valence electrons. The number of nitro benzene ring substituents is 1. The maximum absolute atomic E-state index is 11.0. The third-order valence-electron chi connectivity index (χ3n) is 1.51. The van der Waals surface area contributed by atoms with E-state index in [1.54, 1.807) is 0 Å². The van der Waals surface area contributed by atoms with Crippen LogP contribution in [0.1, 0.15) is 0 Å². The number of nitro groups is 1. The quantitative estimate of drug-likeness (QED) is 0.662. The van der Waals surface area contributed by atoms with Crippen molar-refractivity contribution >= 4 is 43.2 Å². The van der Waals surface area contributed by atoms with Crippen LogP contribution in [-0.2, 0) is 10.0 Å². The monoisotopic (exact) mass is 314 g/mol. The van der Waals surface area contributed by atoms with Crippen molar-refractivity contribution < 1.29 is 13.3 Å². The average molecular weight is 316 g/mol. The fourth-order valence-corrected chi connectivity index (χ4v) is 2.16. The summed E-state index contributed by atoms with van der Waals surface area (Å²) in [7, 11) is -4.16. The fraction of sp³-hybridized carbons (Fsp3) is 0. The number of rotatable bonds is 2. The van der Waals surface area contributed by atoms with Crippen LogP contribution in [0.2, 0.25) is 5.02 Å². The number of nitrogens with two attached hydrogens (primary N) is 1. The highest BCUT2D eigenvalue weighted by Gasteiger charge is 2.24. The molecule has 0 amide bonds. The van der Waals surface area contributed by atoms with Gasteiger partial charge < -0.3 is 0 Å². The minimum Gasteiger partial charge on any atom is -0.258 e. The number of halogens is 2. The first-order valence-electron chi connectivity index (χ1n) is 3.39. The predicted octanol–water partition coefficient (Wildman–Crippen LogP) is 1.66. The summed E-state index contributed by atoms with van der Waals surface area (Å²) in [5.74, 6) is 0. The summed E-state index contributed by atoms with van der Waals surface area (Å²) in [6, 6.07) is 1.92. The molecule has 1 aromatic rings. The SMILES string of the molecule is NS(=O)(=O)c1cc(Cl)c(Br)cc1[N+](=O)[O-]. The molecule has 0 saturated heterocycles. The van der Waals surface area contributed by atoms with Crippen molar-refractivity contribution in [3.8, 4) is 0 Å². The minimum absolute atomic E-state index is 0.0321. The van der Waals surface area contributed by atoms with Crippen LogP contribution in [0.4, 0.5) is 5.69 Å². The molecule has 0 heterocycles. The Morgan fingerprint density at radius 1 is 1.47 bits per heavy atom. The van der Waals surface area contributed by atoms with Crippen molar-refractivity contribution in [1.82, 2.24) is 0 Å². The van der Waals surface area contributed by atoms with Gasteiger partial charge in [-0.3, -0.25) is 10.1 Å². The number of sulfonamides is 1. The van der Waals surface area contributed by atoms with E-state index in [0.29, 0.717) is 0 Å². The molecule has 0 atom stereocenters. The Morgan fingerprint density at radius 2 is 2.00 bits per heavy atom. The van der Waals surface area contributed by atoms with Crippen molar-refractivity contribution in [2.45, 2.75) is 4.90 Å². The minimum atomic E-state index is -4.16. The first-order chi connectivity index (χ1) is 6.73. The lowest BCUT2D eigenvalue weighted by Gasteiger charge is -2.02. The van der Waals surface area contributed by atoms with Crippen LogP contribution in [0.5, 0.6) is 0 Å². The van der Waals surface area contributed by atoms with Crippen LogP contribution in [-0.4, -0.2) is 13.3 Å².